The second-order valence-corrected chi connectivity index (χ2v) is 4.21. The van der Waals surface area contributed by atoms with E-state index >= 15 is 0 Å². The number of benzene rings is 1. The molecule has 3 aromatic rings. The predicted octanol–water partition coefficient (Wildman–Crippen LogP) is 0.145. The molecule has 0 unspecified atom stereocenters. The van der Waals surface area contributed by atoms with Crippen molar-refractivity contribution in [3.63, 3.8) is 0 Å². The third-order valence-electron chi connectivity index (χ3n) is 2.68. The molecular weight excluding hydrogens is 312 g/mol. The number of rotatable bonds is 1. The van der Waals surface area contributed by atoms with Crippen LogP contribution in [0.1, 0.15) is 0 Å². The van der Waals surface area contributed by atoms with Gasteiger partial charge in [0.05, 0.1) is 6.20 Å². The van der Waals surface area contributed by atoms with Crippen LogP contribution in [0, 0.1) is 0 Å². The van der Waals surface area contributed by atoms with Crippen LogP contribution in [0.5, 0.6) is 0 Å². The van der Waals surface area contributed by atoms with Gasteiger partial charge in [-0.1, -0.05) is 23.7 Å². The molecule has 0 bridgehead atoms. The molecule has 2 nitrogen and oxygen atoms in total. The number of halogens is 2. The lowest BCUT2D eigenvalue weighted by Gasteiger charge is -2.00. The maximum Gasteiger partial charge on any atom is 0.237 e. The summed E-state index contributed by atoms with van der Waals surface area (Å²) < 4.78 is 2.05. The average Bonchev–Trinajstić information content (AvgIpc) is 2.39. The van der Waals surface area contributed by atoms with Crippen LogP contribution in [0.15, 0.2) is 61.1 Å². The minimum atomic E-state index is 0. The minimum Gasteiger partial charge on any atom is -1.00 e. The van der Waals surface area contributed by atoms with Crippen molar-refractivity contribution >= 4 is 17.1 Å². The molecule has 0 saturated carbocycles. The van der Waals surface area contributed by atoms with Crippen molar-refractivity contribution in [2.45, 2.75) is 0 Å². The predicted molar refractivity (Wildman–Crippen MR) is 67.8 cm³/mol. The zero-order chi connectivity index (χ0) is 11.7. The van der Waals surface area contributed by atoms with Gasteiger partial charge in [-0.25, -0.2) is 4.98 Å². The minimum absolute atomic E-state index is 0. The van der Waals surface area contributed by atoms with E-state index in [1.54, 1.807) is 6.20 Å². The van der Waals surface area contributed by atoms with Crippen molar-refractivity contribution in [1.82, 2.24) is 4.98 Å². The van der Waals surface area contributed by atoms with Crippen molar-refractivity contribution in [3.8, 4) is 11.3 Å². The van der Waals surface area contributed by atoms with Crippen LogP contribution in [0.4, 0.5) is 0 Å². The zero-order valence-corrected chi connectivity index (χ0v) is 11.8. The normalized spacial score (nSPS) is 10.1. The first-order chi connectivity index (χ1) is 8.34. The SMILES string of the molecule is Clc1ccc(-c2ncc[n+]3ccccc23)cc1.[Br-]. The van der Waals surface area contributed by atoms with E-state index in [-0.39, 0.29) is 17.0 Å². The Kier molecular flexibility index (Phi) is 3.94. The van der Waals surface area contributed by atoms with Gasteiger partial charge in [0.1, 0.15) is 5.69 Å². The first kappa shape index (κ1) is 13.0. The van der Waals surface area contributed by atoms with E-state index in [1.165, 1.54) is 0 Å². The van der Waals surface area contributed by atoms with Gasteiger partial charge in [-0.15, -0.1) is 0 Å². The maximum absolute atomic E-state index is 5.89. The van der Waals surface area contributed by atoms with Gasteiger partial charge in [-0.3, -0.25) is 0 Å². The van der Waals surface area contributed by atoms with Gasteiger partial charge >= 0.3 is 0 Å². The summed E-state index contributed by atoms with van der Waals surface area (Å²) in [5, 5.41) is 0.738. The first-order valence-corrected chi connectivity index (χ1v) is 5.73. The van der Waals surface area contributed by atoms with Crippen LogP contribution in [-0.4, -0.2) is 4.98 Å². The van der Waals surface area contributed by atoms with E-state index in [9.17, 15) is 0 Å². The fourth-order valence-corrected chi connectivity index (χ4v) is 1.99. The summed E-state index contributed by atoms with van der Waals surface area (Å²) in [6.07, 6.45) is 5.75. The van der Waals surface area contributed by atoms with Crippen LogP contribution < -0.4 is 21.4 Å². The van der Waals surface area contributed by atoms with Gasteiger partial charge in [0.25, 0.3) is 0 Å². The zero-order valence-electron chi connectivity index (χ0n) is 9.42. The van der Waals surface area contributed by atoms with Gasteiger partial charge in [0.15, 0.2) is 12.4 Å². The van der Waals surface area contributed by atoms with Crippen LogP contribution in [0.25, 0.3) is 16.8 Å². The molecular formula is C14H10BrClN2. The van der Waals surface area contributed by atoms with E-state index in [0.29, 0.717) is 0 Å². The second kappa shape index (κ2) is 5.46. The van der Waals surface area contributed by atoms with Crippen molar-refractivity contribution in [1.29, 1.82) is 0 Å². The van der Waals surface area contributed by atoms with E-state index in [0.717, 1.165) is 21.8 Å². The molecule has 2 heterocycles. The summed E-state index contributed by atoms with van der Waals surface area (Å²) in [4.78, 5) is 4.44. The Hall–Kier alpha value is -1.45. The second-order valence-electron chi connectivity index (χ2n) is 3.78. The highest BCUT2D eigenvalue weighted by molar-refractivity contribution is 6.30. The summed E-state index contributed by atoms with van der Waals surface area (Å²) in [5.74, 6) is 0. The molecule has 0 saturated heterocycles. The molecule has 0 radical (unpaired) electrons. The Morgan fingerprint density at radius 1 is 0.944 bits per heavy atom. The largest absolute Gasteiger partial charge is 1.00 e. The van der Waals surface area contributed by atoms with E-state index in [4.69, 9.17) is 11.6 Å². The van der Waals surface area contributed by atoms with Gasteiger partial charge in [-0.05, 0) is 18.2 Å². The summed E-state index contributed by atoms with van der Waals surface area (Å²) in [5.41, 5.74) is 3.11. The molecule has 90 valence electrons. The molecule has 2 aromatic heterocycles. The first-order valence-electron chi connectivity index (χ1n) is 5.35. The summed E-state index contributed by atoms with van der Waals surface area (Å²) in [6.45, 7) is 0. The van der Waals surface area contributed by atoms with Crippen molar-refractivity contribution in [2.24, 2.45) is 0 Å². The fourth-order valence-electron chi connectivity index (χ4n) is 1.86. The molecule has 1 aromatic carbocycles. The summed E-state index contributed by atoms with van der Waals surface area (Å²) in [7, 11) is 0. The van der Waals surface area contributed by atoms with Crippen molar-refractivity contribution in [2.75, 3.05) is 0 Å². The molecule has 0 fully saturated rings. The highest BCUT2D eigenvalue weighted by atomic mass is 79.9. The molecule has 4 heteroatoms. The molecule has 0 spiro atoms. The standard InChI is InChI=1S/C14H10ClN2.BrH/c15-12-6-4-11(5-7-12)14-13-3-1-2-9-17(13)10-8-16-14;/h1-10H;1H/q+1;/p-1. The molecule has 0 atom stereocenters. The molecule has 3 rings (SSSR count). The smallest absolute Gasteiger partial charge is 0.237 e. The number of nitrogens with zero attached hydrogens (tertiary/aromatic N) is 2. The third-order valence-corrected chi connectivity index (χ3v) is 2.93. The van der Waals surface area contributed by atoms with Crippen molar-refractivity contribution < 1.29 is 21.4 Å². The van der Waals surface area contributed by atoms with E-state index in [2.05, 4.69) is 15.5 Å². The topological polar surface area (TPSA) is 17.0 Å². The maximum atomic E-state index is 5.89. The fraction of sp³-hybridized carbons (Fsp3) is 0. The van der Waals surface area contributed by atoms with E-state index in [1.807, 2.05) is 48.8 Å². The lowest BCUT2D eigenvalue weighted by molar-refractivity contribution is -0.512. The lowest BCUT2D eigenvalue weighted by Crippen LogP contribution is -3.00. The Morgan fingerprint density at radius 2 is 1.72 bits per heavy atom. The van der Waals surface area contributed by atoms with Crippen LogP contribution >= 0.6 is 11.6 Å². The van der Waals surface area contributed by atoms with Gasteiger partial charge < -0.3 is 17.0 Å². The molecule has 0 amide bonds. The monoisotopic (exact) mass is 320 g/mol. The molecule has 0 aliphatic heterocycles. The third kappa shape index (κ3) is 2.37. The van der Waals surface area contributed by atoms with Crippen LogP contribution in [-0.2, 0) is 0 Å². The van der Waals surface area contributed by atoms with Gasteiger partial charge in [0.2, 0.25) is 5.52 Å². The van der Waals surface area contributed by atoms with Gasteiger partial charge in [0, 0.05) is 22.7 Å². The van der Waals surface area contributed by atoms with Crippen molar-refractivity contribution in [3.05, 3.63) is 66.1 Å². The molecule has 18 heavy (non-hydrogen) atoms. The highest BCUT2D eigenvalue weighted by Gasteiger charge is 2.10. The van der Waals surface area contributed by atoms with Gasteiger partial charge in [-0.2, -0.15) is 4.40 Å². The Labute approximate surface area is 121 Å². The Bertz CT molecular complexity index is 663. The number of hydrogen-bond donors (Lipinski definition) is 0. The lowest BCUT2D eigenvalue weighted by atomic mass is 10.1. The molecule has 0 N–H and O–H groups in total. The highest BCUT2D eigenvalue weighted by Crippen LogP contribution is 2.21. The quantitative estimate of drug-likeness (QED) is 0.583. The molecule has 0 aliphatic carbocycles. The van der Waals surface area contributed by atoms with Crippen LogP contribution in [0.3, 0.4) is 0 Å². The molecule has 0 aliphatic rings. The average molecular weight is 322 g/mol. The Morgan fingerprint density at radius 3 is 2.50 bits per heavy atom. The number of fused-ring (bicyclic) bond motifs is 1. The Balaban J connectivity index is 0.00000120. The van der Waals surface area contributed by atoms with Crippen LogP contribution in [0.2, 0.25) is 5.02 Å². The van der Waals surface area contributed by atoms with E-state index < -0.39 is 0 Å². The summed E-state index contributed by atoms with van der Waals surface area (Å²) >= 11 is 5.89. The summed E-state index contributed by atoms with van der Waals surface area (Å²) in [6, 6.07) is 13.8. The number of pyridine rings is 1. The number of aromatic nitrogens is 2. The number of hydrogen-bond acceptors (Lipinski definition) is 1.